The largest absolute Gasteiger partial charge is 0.497 e. The van der Waals surface area contributed by atoms with E-state index in [-0.39, 0.29) is 5.91 Å². The number of H-pyrrole nitrogens is 1. The lowest BCUT2D eigenvalue weighted by atomic mass is 9.97. The smallest absolute Gasteiger partial charge is 0.272 e. The normalized spacial score (nSPS) is 12.1. The maximum absolute atomic E-state index is 12.6. The molecular weight excluding hydrogens is 300 g/mol. The number of hydrogen-bond donors (Lipinski definition) is 2. The molecule has 1 amide bonds. The number of hydrogen-bond acceptors (Lipinski definition) is 2. The number of aromatic nitrogens is 1. The molecule has 124 valence electrons. The van der Waals surface area contributed by atoms with Crippen LogP contribution in [0.2, 0.25) is 0 Å². The van der Waals surface area contributed by atoms with E-state index in [1.165, 1.54) is 0 Å². The first-order chi connectivity index (χ1) is 11.6. The minimum atomic E-state index is -0.138. The van der Waals surface area contributed by atoms with E-state index in [1.54, 1.807) is 7.11 Å². The van der Waals surface area contributed by atoms with Gasteiger partial charge in [-0.2, -0.15) is 0 Å². The van der Waals surface area contributed by atoms with Crippen molar-refractivity contribution in [3.8, 4) is 5.75 Å². The van der Waals surface area contributed by atoms with Gasteiger partial charge in [0.1, 0.15) is 11.4 Å². The van der Waals surface area contributed by atoms with Crippen molar-refractivity contribution in [3.63, 3.8) is 0 Å². The number of fused-ring (bicyclic) bond motifs is 1. The van der Waals surface area contributed by atoms with Gasteiger partial charge in [-0.1, -0.05) is 32.0 Å². The highest BCUT2D eigenvalue weighted by Gasteiger charge is 2.14. The number of nitrogens with one attached hydrogen (secondary N) is 2. The van der Waals surface area contributed by atoms with E-state index in [9.17, 15) is 4.79 Å². The van der Waals surface area contributed by atoms with E-state index in [4.69, 9.17) is 4.74 Å². The molecule has 0 aliphatic rings. The molecule has 4 nitrogen and oxygen atoms in total. The summed E-state index contributed by atoms with van der Waals surface area (Å²) in [7, 11) is 1.63. The number of carbonyl (C=O) groups is 1. The predicted octanol–water partition coefficient (Wildman–Crippen LogP) is 4.94. The molecule has 0 bridgehead atoms. The Bertz CT molecular complexity index is 867. The van der Waals surface area contributed by atoms with Crippen molar-refractivity contribution in [2.45, 2.75) is 26.2 Å². The summed E-state index contributed by atoms with van der Waals surface area (Å²) >= 11 is 0. The Morgan fingerprint density at radius 1 is 1.21 bits per heavy atom. The Balaban J connectivity index is 1.88. The molecule has 0 aliphatic heterocycles. The van der Waals surface area contributed by atoms with Crippen LogP contribution in [0.3, 0.4) is 0 Å². The number of methoxy groups -OCH3 is 1. The number of amides is 1. The number of ether oxygens (including phenoxy) is 1. The predicted molar refractivity (Wildman–Crippen MR) is 98.0 cm³/mol. The zero-order chi connectivity index (χ0) is 17.1. The van der Waals surface area contributed by atoms with Gasteiger partial charge in [-0.3, -0.25) is 4.79 Å². The summed E-state index contributed by atoms with van der Waals surface area (Å²) < 4.78 is 5.23. The molecule has 0 spiro atoms. The fourth-order valence-electron chi connectivity index (χ4n) is 2.81. The molecule has 3 rings (SSSR count). The lowest BCUT2D eigenvalue weighted by molar-refractivity contribution is 0.102. The summed E-state index contributed by atoms with van der Waals surface area (Å²) in [5.41, 5.74) is 3.48. The standard InChI is InChI=1S/C20H22N2O2/c1-4-13(2)16-7-5-6-8-18(16)22-20(23)19-12-14-11-15(24-3)9-10-17(14)21-19/h5-13,21H,4H2,1-3H3,(H,22,23)/t13-/m0/s1. The fraction of sp³-hybridized carbons (Fsp3) is 0.250. The van der Waals surface area contributed by atoms with Crippen molar-refractivity contribution in [1.82, 2.24) is 4.98 Å². The molecule has 0 aliphatic carbocycles. The summed E-state index contributed by atoms with van der Waals surface area (Å²) in [5, 5.41) is 3.98. The van der Waals surface area contributed by atoms with Gasteiger partial charge in [-0.25, -0.2) is 0 Å². The maximum atomic E-state index is 12.6. The number of aromatic amines is 1. The topological polar surface area (TPSA) is 54.1 Å². The van der Waals surface area contributed by atoms with Gasteiger partial charge >= 0.3 is 0 Å². The molecule has 0 fully saturated rings. The van der Waals surface area contributed by atoms with Crippen LogP contribution in [0.25, 0.3) is 10.9 Å². The molecule has 0 radical (unpaired) electrons. The zero-order valence-corrected chi connectivity index (χ0v) is 14.2. The van der Waals surface area contributed by atoms with Gasteiger partial charge in [0.2, 0.25) is 0 Å². The van der Waals surface area contributed by atoms with Gasteiger partial charge in [0.15, 0.2) is 0 Å². The average molecular weight is 322 g/mol. The van der Waals surface area contributed by atoms with Crippen LogP contribution in [0.5, 0.6) is 5.75 Å². The summed E-state index contributed by atoms with van der Waals surface area (Å²) in [6.07, 6.45) is 1.03. The van der Waals surface area contributed by atoms with Crippen LogP contribution in [-0.2, 0) is 0 Å². The lowest BCUT2D eigenvalue weighted by Gasteiger charge is -2.15. The zero-order valence-electron chi connectivity index (χ0n) is 14.2. The maximum Gasteiger partial charge on any atom is 0.272 e. The third-order valence-corrected chi connectivity index (χ3v) is 4.42. The van der Waals surface area contributed by atoms with Crippen molar-refractivity contribution in [1.29, 1.82) is 0 Å². The third kappa shape index (κ3) is 3.13. The van der Waals surface area contributed by atoms with Crippen molar-refractivity contribution >= 4 is 22.5 Å². The fourth-order valence-corrected chi connectivity index (χ4v) is 2.81. The van der Waals surface area contributed by atoms with E-state index in [1.807, 2.05) is 42.5 Å². The van der Waals surface area contributed by atoms with Crippen molar-refractivity contribution < 1.29 is 9.53 Å². The van der Waals surface area contributed by atoms with E-state index in [0.717, 1.165) is 34.3 Å². The Morgan fingerprint density at radius 2 is 2.00 bits per heavy atom. The first-order valence-electron chi connectivity index (χ1n) is 8.19. The van der Waals surface area contributed by atoms with Crippen LogP contribution in [-0.4, -0.2) is 18.0 Å². The van der Waals surface area contributed by atoms with Crippen molar-refractivity contribution in [2.24, 2.45) is 0 Å². The Morgan fingerprint density at radius 3 is 2.75 bits per heavy atom. The molecule has 0 saturated heterocycles. The number of anilines is 1. The van der Waals surface area contributed by atoms with Crippen molar-refractivity contribution in [3.05, 3.63) is 59.8 Å². The number of para-hydroxylation sites is 1. The van der Waals surface area contributed by atoms with E-state index in [2.05, 4.69) is 30.2 Å². The Labute approximate surface area is 141 Å². The van der Waals surface area contributed by atoms with E-state index < -0.39 is 0 Å². The first kappa shape index (κ1) is 16.1. The SMILES string of the molecule is CC[C@H](C)c1ccccc1NC(=O)c1cc2cc(OC)ccc2[nH]1. The van der Waals surface area contributed by atoms with Gasteiger partial charge in [-0.05, 0) is 48.2 Å². The average Bonchev–Trinajstić information content (AvgIpc) is 3.04. The summed E-state index contributed by atoms with van der Waals surface area (Å²) in [6.45, 7) is 4.31. The van der Waals surface area contributed by atoms with Crippen molar-refractivity contribution in [2.75, 3.05) is 12.4 Å². The molecule has 1 heterocycles. The number of carbonyl (C=O) groups excluding carboxylic acids is 1. The third-order valence-electron chi connectivity index (χ3n) is 4.42. The highest BCUT2D eigenvalue weighted by Crippen LogP contribution is 2.27. The quantitative estimate of drug-likeness (QED) is 0.699. The Hall–Kier alpha value is -2.75. The first-order valence-corrected chi connectivity index (χ1v) is 8.19. The summed E-state index contributed by atoms with van der Waals surface area (Å²) in [4.78, 5) is 15.8. The minimum absolute atomic E-state index is 0.138. The van der Waals surface area contributed by atoms with Gasteiger partial charge in [0.25, 0.3) is 5.91 Å². The van der Waals surface area contributed by atoms with Crippen LogP contribution in [0.4, 0.5) is 5.69 Å². The lowest BCUT2D eigenvalue weighted by Crippen LogP contribution is -2.14. The number of benzene rings is 2. The molecule has 24 heavy (non-hydrogen) atoms. The van der Waals surface area contributed by atoms with E-state index in [0.29, 0.717) is 11.6 Å². The van der Waals surface area contributed by atoms with Gasteiger partial charge in [0.05, 0.1) is 7.11 Å². The summed E-state index contributed by atoms with van der Waals surface area (Å²) in [6, 6.07) is 15.5. The van der Waals surface area contributed by atoms with Crippen LogP contribution in [0.15, 0.2) is 48.5 Å². The molecule has 0 unspecified atom stereocenters. The van der Waals surface area contributed by atoms with Crippen LogP contribution >= 0.6 is 0 Å². The van der Waals surface area contributed by atoms with Gasteiger partial charge in [0, 0.05) is 16.6 Å². The minimum Gasteiger partial charge on any atom is -0.497 e. The van der Waals surface area contributed by atoms with Gasteiger partial charge < -0.3 is 15.0 Å². The highest BCUT2D eigenvalue weighted by atomic mass is 16.5. The molecular formula is C20H22N2O2. The second-order valence-electron chi connectivity index (χ2n) is 5.99. The van der Waals surface area contributed by atoms with Gasteiger partial charge in [-0.15, -0.1) is 0 Å². The van der Waals surface area contributed by atoms with E-state index >= 15 is 0 Å². The van der Waals surface area contributed by atoms with Crippen LogP contribution < -0.4 is 10.1 Å². The number of rotatable bonds is 5. The Kier molecular flexibility index (Phi) is 4.56. The second kappa shape index (κ2) is 6.79. The molecule has 1 atom stereocenters. The summed E-state index contributed by atoms with van der Waals surface area (Å²) in [5.74, 6) is 1.03. The molecule has 2 aromatic carbocycles. The van der Waals surface area contributed by atoms with Crippen LogP contribution in [0, 0.1) is 0 Å². The molecule has 4 heteroatoms. The molecule has 3 aromatic rings. The monoisotopic (exact) mass is 322 g/mol. The molecule has 0 saturated carbocycles. The molecule has 1 aromatic heterocycles. The molecule has 2 N–H and O–H groups in total. The van der Waals surface area contributed by atoms with Crippen LogP contribution in [0.1, 0.15) is 42.2 Å². The highest BCUT2D eigenvalue weighted by molar-refractivity contribution is 6.06. The second-order valence-corrected chi connectivity index (χ2v) is 5.99.